The number of carbonyl (C=O) groups is 3. The number of benzene rings is 1. The highest BCUT2D eigenvalue weighted by Gasteiger charge is 2.38. The number of carboxylic acids is 1. The van der Waals surface area contributed by atoms with E-state index in [-0.39, 0.29) is 24.8 Å². The fourth-order valence-corrected chi connectivity index (χ4v) is 3.53. The van der Waals surface area contributed by atoms with Gasteiger partial charge in [0.05, 0.1) is 5.92 Å². The first-order chi connectivity index (χ1) is 13.0. The number of ether oxygens (including phenoxy) is 2. The van der Waals surface area contributed by atoms with E-state index >= 15 is 0 Å². The maximum atomic E-state index is 12.5. The second-order valence-corrected chi connectivity index (χ2v) is 7.31. The minimum atomic E-state index is -1.02. The van der Waals surface area contributed by atoms with Gasteiger partial charge in [-0.1, -0.05) is 12.8 Å². The molecule has 2 aliphatic heterocycles. The first-order valence-electron chi connectivity index (χ1n) is 9.24. The summed E-state index contributed by atoms with van der Waals surface area (Å²) in [6.07, 6.45) is 2.54. The van der Waals surface area contributed by atoms with Crippen molar-refractivity contribution in [1.29, 1.82) is 0 Å². The zero-order chi connectivity index (χ0) is 19.0. The number of carbonyl (C=O) groups excluding carboxylic acids is 2. The number of amides is 2. The van der Waals surface area contributed by atoms with E-state index in [0.717, 1.165) is 12.8 Å². The second kappa shape index (κ2) is 7.09. The van der Waals surface area contributed by atoms with Gasteiger partial charge in [0.1, 0.15) is 19.3 Å². The van der Waals surface area contributed by atoms with Gasteiger partial charge in [0.25, 0.3) is 0 Å². The largest absolute Gasteiger partial charge is 0.486 e. The molecule has 0 spiro atoms. The molecular formula is C19H22N2O6. The van der Waals surface area contributed by atoms with E-state index in [2.05, 4.69) is 5.32 Å². The van der Waals surface area contributed by atoms with Gasteiger partial charge in [-0.05, 0) is 24.5 Å². The fourth-order valence-electron chi connectivity index (χ4n) is 3.53. The molecule has 2 amide bonds. The quantitative estimate of drug-likeness (QED) is 0.775. The highest BCUT2D eigenvalue weighted by molar-refractivity contribution is 6.01. The lowest BCUT2D eigenvalue weighted by Crippen LogP contribution is -2.44. The third-order valence-electron chi connectivity index (χ3n) is 5.21. The number of rotatable bonds is 6. The number of hydrogen-bond donors (Lipinski definition) is 2. The summed E-state index contributed by atoms with van der Waals surface area (Å²) in [7, 11) is 0. The van der Waals surface area contributed by atoms with Gasteiger partial charge in [-0.25, -0.2) is 4.79 Å². The molecule has 8 nitrogen and oxygen atoms in total. The third-order valence-corrected chi connectivity index (χ3v) is 5.21. The molecule has 2 N–H and O–H groups in total. The molecule has 27 heavy (non-hydrogen) atoms. The van der Waals surface area contributed by atoms with Crippen LogP contribution >= 0.6 is 0 Å². The topological polar surface area (TPSA) is 105 Å². The maximum Gasteiger partial charge on any atom is 0.326 e. The molecule has 4 rings (SSSR count). The summed E-state index contributed by atoms with van der Waals surface area (Å²) < 4.78 is 11.0. The van der Waals surface area contributed by atoms with Gasteiger partial charge in [-0.15, -0.1) is 0 Å². The van der Waals surface area contributed by atoms with Crippen molar-refractivity contribution in [3.63, 3.8) is 0 Å². The van der Waals surface area contributed by atoms with E-state index in [1.54, 1.807) is 23.1 Å². The van der Waals surface area contributed by atoms with E-state index < -0.39 is 17.9 Å². The summed E-state index contributed by atoms with van der Waals surface area (Å²) in [5.74, 6) is -0.539. The first kappa shape index (κ1) is 17.6. The third kappa shape index (κ3) is 3.84. The molecule has 1 aromatic carbocycles. The Hall–Kier alpha value is -2.77. The van der Waals surface area contributed by atoms with Gasteiger partial charge in [-0.2, -0.15) is 0 Å². The lowest BCUT2D eigenvalue weighted by Gasteiger charge is -2.22. The molecule has 2 heterocycles. The van der Waals surface area contributed by atoms with Crippen molar-refractivity contribution < 1.29 is 29.0 Å². The zero-order valence-corrected chi connectivity index (χ0v) is 14.8. The van der Waals surface area contributed by atoms with Crippen LogP contribution in [-0.4, -0.2) is 48.7 Å². The van der Waals surface area contributed by atoms with Crippen molar-refractivity contribution in [2.75, 3.05) is 24.7 Å². The van der Waals surface area contributed by atoms with E-state index in [1.165, 1.54) is 0 Å². The maximum absolute atomic E-state index is 12.5. The molecule has 8 heteroatoms. The monoisotopic (exact) mass is 374 g/mol. The lowest BCUT2D eigenvalue weighted by atomic mass is 10.1. The molecule has 1 aromatic rings. The van der Waals surface area contributed by atoms with Crippen molar-refractivity contribution in [2.24, 2.45) is 11.8 Å². The van der Waals surface area contributed by atoms with Gasteiger partial charge in [-0.3, -0.25) is 9.59 Å². The van der Waals surface area contributed by atoms with Crippen LogP contribution in [0, 0.1) is 11.8 Å². The SMILES string of the molecule is O=C(NC(CC1CC1)C(=O)O)C1CC(=O)N(c2ccc3c(c2)OCCO3)C1. The van der Waals surface area contributed by atoms with Gasteiger partial charge < -0.3 is 24.8 Å². The fraction of sp³-hybridized carbons (Fsp3) is 0.526. The van der Waals surface area contributed by atoms with Crippen LogP contribution in [0.2, 0.25) is 0 Å². The van der Waals surface area contributed by atoms with Crippen molar-refractivity contribution in [3.8, 4) is 11.5 Å². The summed E-state index contributed by atoms with van der Waals surface area (Å²) >= 11 is 0. The van der Waals surface area contributed by atoms with Gasteiger partial charge >= 0.3 is 5.97 Å². The minimum absolute atomic E-state index is 0.0655. The molecule has 0 aromatic heterocycles. The van der Waals surface area contributed by atoms with Crippen LogP contribution < -0.4 is 19.7 Å². The molecule has 1 saturated carbocycles. The molecule has 0 radical (unpaired) electrons. The van der Waals surface area contributed by atoms with Crippen LogP contribution in [0.15, 0.2) is 18.2 Å². The van der Waals surface area contributed by atoms with Crippen molar-refractivity contribution >= 4 is 23.5 Å². The highest BCUT2D eigenvalue weighted by Crippen LogP contribution is 2.36. The Balaban J connectivity index is 1.42. The summed E-state index contributed by atoms with van der Waals surface area (Å²) in [5, 5.41) is 11.9. The molecule has 1 aliphatic carbocycles. The number of aliphatic carboxylic acids is 1. The summed E-state index contributed by atoms with van der Waals surface area (Å²) in [6.45, 7) is 1.16. The van der Waals surface area contributed by atoms with Crippen LogP contribution in [0.5, 0.6) is 11.5 Å². The Morgan fingerprint density at radius 2 is 1.96 bits per heavy atom. The molecule has 2 fully saturated rings. The summed E-state index contributed by atoms with van der Waals surface area (Å²) in [6, 6.07) is 4.36. The van der Waals surface area contributed by atoms with Crippen LogP contribution in [0.4, 0.5) is 5.69 Å². The molecule has 2 atom stereocenters. The minimum Gasteiger partial charge on any atom is -0.486 e. The zero-order valence-electron chi connectivity index (χ0n) is 14.8. The summed E-state index contributed by atoms with van der Waals surface area (Å²) in [4.78, 5) is 37.9. The smallest absolute Gasteiger partial charge is 0.326 e. The van der Waals surface area contributed by atoms with E-state index in [1.807, 2.05) is 0 Å². The van der Waals surface area contributed by atoms with Gasteiger partial charge in [0.15, 0.2) is 11.5 Å². The Kier molecular flexibility index (Phi) is 4.63. The normalized spacial score (nSPS) is 22.4. The predicted octanol–water partition coefficient (Wildman–Crippen LogP) is 1.18. The number of anilines is 1. The summed E-state index contributed by atoms with van der Waals surface area (Å²) in [5.41, 5.74) is 0.646. The number of fused-ring (bicyclic) bond motifs is 1. The average molecular weight is 374 g/mol. The molecule has 3 aliphatic rings. The van der Waals surface area contributed by atoms with Crippen molar-refractivity contribution in [3.05, 3.63) is 18.2 Å². The second-order valence-electron chi connectivity index (χ2n) is 7.31. The number of nitrogens with zero attached hydrogens (tertiary/aromatic N) is 1. The lowest BCUT2D eigenvalue weighted by molar-refractivity contribution is -0.142. The Morgan fingerprint density at radius 1 is 1.22 bits per heavy atom. The van der Waals surface area contributed by atoms with Crippen molar-refractivity contribution in [2.45, 2.75) is 31.7 Å². The van der Waals surface area contributed by atoms with Crippen LogP contribution in [-0.2, 0) is 14.4 Å². The Bertz CT molecular complexity index is 775. The van der Waals surface area contributed by atoms with E-state index in [9.17, 15) is 19.5 Å². The van der Waals surface area contributed by atoms with Crippen LogP contribution in [0.1, 0.15) is 25.7 Å². The predicted molar refractivity (Wildman–Crippen MR) is 94.8 cm³/mol. The standard InChI is InChI=1S/C19H22N2O6/c22-17-8-12(18(23)20-14(19(24)25)7-11-1-2-11)10-21(17)13-3-4-15-16(9-13)27-6-5-26-15/h3-4,9,11-12,14H,1-2,5-8,10H2,(H,20,23)(H,24,25). The number of nitrogens with one attached hydrogen (secondary N) is 1. The van der Waals surface area contributed by atoms with Gasteiger partial charge in [0, 0.05) is 24.7 Å². The first-order valence-corrected chi connectivity index (χ1v) is 9.24. The Morgan fingerprint density at radius 3 is 2.67 bits per heavy atom. The number of carboxylic acid groups (broad SMARTS) is 1. The molecule has 1 saturated heterocycles. The van der Waals surface area contributed by atoms with Crippen LogP contribution in [0.25, 0.3) is 0 Å². The highest BCUT2D eigenvalue weighted by atomic mass is 16.6. The van der Waals surface area contributed by atoms with E-state index in [4.69, 9.17) is 9.47 Å². The molecule has 144 valence electrons. The average Bonchev–Trinajstić information content (AvgIpc) is 3.39. The number of hydrogen-bond acceptors (Lipinski definition) is 5. The van der Waals surface area contributed by atoms with Crippen molar-refractivity contribution in [1.82, 2.24) is 5.32 Å². The van der Waals surface area contributed by atoms with Crippen LogP contribution in [0.3, 0.4) is 0 Å². The molecule has 0 bridgehead atoms. The van der Waals surface area contributed by atoms with E-state index in [0.29, 0.717) is 42.7 Å². The Labute approximate surface area is 156 Å². The molecule has 2 unspecified atom stereocenters. The molecular weight excluding hydrogens is 352 g/mol. The van der Waals surface area contributed by atoms with Gasteiger partial charge in [0.2, 0.25) is 11.8 Å².